The Kier molecular flexibility index (Phi) is 3.75. The number of hydrogen-bond acceptors (Lipinski definition) is 1. The predicted octanol–water partition coefficient (Wildman–Crippen LogP) is 3.98. The first-order valence-corrected chi connectivity index (χ1v) is 8.05. The molecule has 3 aliphatic carbocycles. The topological polar surface area (TPSA) is 12.0 Å². The molecule has 0 aromatic rings. The molecule has 4 unspecified atom stereocenters. The Labute approximate surface area is 107 Å². The third-order valence-corrected chi connectivity index (χ3v) is 6.08. The lowest BCUT2D eigenvalue weighted by Gasteiger charge is -2.45. The van der Waals surface area contributed by atoms with Gasteiger partial charge in [-0.05, 0) is 62.8 Å². The van der Waals surface area contributed by atoms with Crippen LogP contribution in [0, 0.1) is 23.7 Å². The zero-order valence-electron chi connectivity index (χ0n) is 11.5. The van der Waals surface area contributed by atoms with Gasteiger partial charge in [0.25, 0.3) is 0 Å². The minimum atomic E-state index is 0.853. The van der Waals surface area contributed by atoms with Gasteiger partial charge in [-0.2, -0.15) is 0 Å². The maximum atomic E-state index is 3.67. The van der Waals surface area contributed by atoms with Crippen LogP contribution in [-0.4, -0.2) is 13.1 Å². The molecule has 0 radical (unpaired) electrons. The van der Waals surface area contributed by atoms with Crippen molar-refractivity contribution in [1.82, 2.24) is 5.32 Å². The van der Waals surface area contributed by atoms with Crippen LogP contribution in [0.4, 0.5) is 0 Å². The smallest absolute Gasteiger partial charge is 0.0121 e. The first-order chi connectivity index (χ1) is 8.38. The highest BCUT2D eigenvalue weighted by Gasteiger charge is 2.38. The number of hydrogen-bond donors (Lipinski definition) is 1. The summed E-state index contributed by atoms with van der Waals surface area (Å²) >= 11 is 0. The van der Waals surface area contributed by atoms with Crippen molar-refractivity contribution >= 4 is 0 Å². The molecular weight excluding hydrogens is 206 g/mol. The first-order valence-electron chi connectivity index (χ1n) is 8.05. The van der Waals surface area contributed by atoms with E-state index < -0.39 is 0 Å². The second-order valence-corrected chi connectivity index (χ2v) is 6.88. The number of rotatable bonds is 3. The molecule has 3 fully saturated rings. The Balaban J connectivity index is 1.59. The fraction of sp³-hybridized carbons (Fsp3) is 1.00. The molecule has 0 heterocycles. The van der Waals surface area contributed by atoms with Gasteiger partial charge in [-0.1, -0.05) is 32.1 Å². The van der Waals surface area contributed by atoms with E-state index in [0.717, 1.165) is 29.7 Å². The van der Waals surface area contributed by atoms with Crippen molar-refractivity contribution in [2.24, 2.45) is 23.7 Å². The highest BCUT2D eigenvalue weighted by Crippen LogP contribution is 2.46. The van der Waals surface area contributed by atoms with Crippen LogP contribution in [0.5, 0.6) is 0 Å². The van der Waals surface area contributed by atoms with E-state index in [9.17, 15) is 0 Å². The van der Waals surface area contributed by atoms with Gasteiger partial charge in [-0.25, -0.2) is 0 Å². The molecule has 98 valence electrons. The van der Waals surface area contributed by atoms with E-state index in [1.54, 1.807) is 25.7 Å². The summed E-state index contributed by atoms with van der Waals surface area (Å²) in [6.07, 6.45) is 15.2. The van der Waals surface area contributed by atoms with Crippen molar-refractivity contribution < 1.29 is 0 Å². The van der Waals surface area contributed by atoms with Gasteiger partial charge < -0.3 is 5.32 Å². The van der Waals surface area contributed by atoms with E-state index in [1.165, 1.54) is 38.5 Å². The van der Waals surface area contributed by atoms with Gasteiger partial charge in [0.1, 0.15) is 0 Å². The molecule has 0 aromatic heterocycles. The molecule has 3 saturated carbocycles. The highest BCUT2D eigenvalue weighted by molar-refractivity contribution is 4.92. The molecule has 0 saturated heterocycles. The van der Waals surface area contributed by atoms with Crippen LogP contribution < -0.4 is 5.32 Å². The van der Waals surface area contributed by atoms with E-state index in [4.69, 9.17) is 0 Å². The normalized spacial score (nSPS) is 40.4. The van der Waals surface area contributed by atoms with Gasteiger partial charge in [0.2, 0.25) is 0 Å². The third-order valence-electron chi connectivity index (χ3n) is 6.08. The minimum Gasteiger partial charge on any atom is -0.316 e. The molecule has 0 spiro atoms. The summed E-state index contributed by atoms with van der Waals surface area (Å²) in [6, 6.07) is 0.853. The van der Waals surface area contributed by atoms with Gasteiger partial charge in [-0.3, -0.25) is 0 Å². The second-order valence-electron chi connectivity index (χ2n) is 6.88. The molecule has 4 atom stereocenters. The lowest BCUT2D eigenvalue weighted by Crippen LogP contribution is -2.46. The molecule has 1 heteroatoms. The van der Waals surface area contributed by atoms with Crippen molar-refractivity contribution in [2.75, 3.05) is 7.05 Å². The Morgan fingerprint density at radius 3 is 2.18 bits per heavy atom. The zero-order valence-corrected chi connectivity index (χ0v) is 11.5. The molecule has 0 aromatic carbocycles. The van der Waals surface area contributed by atoms with E-state index in [1.807, 2.05) is 0 Å². The first kappa shape index (κ1) is 12.0. The largest absolute Gasteiger partial charge is 0.316 e. The quantitative estimate of drug-likeness (QED) is 0.780. The van der Waals surface area contributed by atoms with E-state index in [-0.39, 0.29) is 0 Å². The van der Waals surface area contributed by atoms with E-state index in [2.05, 4.69) is 12.4 Å². The van der Waals surface area contributed by atoms with Gasteiger partial charge in [0.05, 0.1) is 0 Å². The van der Waals surface area contributed by atoms with Crippen LogP contribution in [0.2, 0.25) is 0 Å². The van der Waals surface area contributed by atoms with E-state index >= 15 is 0 Å². The maximum absolute atomic E-state index is 3.67. The molecule has 0 amide bonds. The fourth-order valence-corrected chi connectivity index (χ4v) is 4.89. The second kappa shape index (κ2) is 5.30. The molecular formula is C16H29N. The molecule has 17 heavy (non-hydrogen) atoms. The zero-order chi connectivity index (χ0) is 11.7. The number of nitrogens with one attached hydrogen (secondary N) is 1. The van der Waals surface area contributed by atoms with Gasteiger partial charge >= 0.3 is 0 Å². The van der Waals surface area contributed by atoms with Gasteiger partial charge in [0, 0.05) is 6.04 Å². The van der Waals surface area contributed by atoms with Crippen LogP contribution >= 0.6 is 0 Å². The Morgan fingerprint density at radius 2 is 1.53 bits per heavy atom. The van der Waals surface area contributed by atoms with Crippen molar-refractivity contribution in [3.05, 3.63) is 0 Å². The molecule has 3 aliphatic rings. The Morgan fingerprint density at radius 1 is 0.765 bits per heavy atom. The molecule has 0 bridgehead atoms. The average molecular weight is 235 g/mol. The molecule has 1 nitrogen and oxygen atoms in total. The lowest BCUT2D eigenvalue weighted by molar-refractivity contribution is 0.0782. The van der Waals surface area contributed by atoms with Crippen molar-refractivity contribution in [3.63, 3.8) is 0 Å². The summed E-state index contributed by atoms with van der Waals surface area (Å²) in [6.45, 7) is 0. The summed E-state index contributed by atoms with van der Waals surface area (Å²) in [5, 5.41) is 3.67. The van der Waals surface area contributed by atoms with Crippen LogP contribution in [0.25, 0.3) is 0 Å². The fourth-order valence-electron chi connectivity index (χ4n) is 4.89. The summed E-state index contributed by atoms with van der Waals surface area (Å²) in [4.78, 5) is 0. The standard InChI is InChI=1S/C16H29N/c1-17-16(13-7-4-8-13)15-10-9-12-5-2-3-6-14(12)11-15/h12-17H,2-11H2,1H3. The summed E-state index contributed by atoms with van der Waals surface area (Å²) in [5.41, 5.74) is 0. The van der Waals surface area contributed by atoms with Crippen LogP contribution in [0.1, 0.15) is 64.2 Å². The van der Waals surface area contributed by atoms with Crippen molar-refractivity contribution in [2.45, 2.75) is 70.3 Å². The Hall–Kier alpha value is -0.0400. The molecule has 3 rings (SSSR count). The third kappa shape index (κ3) is 2.41. The molecule has 0 aliphatic heterocycles. The summed E-state index contributed by atoms with van der Waals surface area (Å²) in [7, 11) is 2.20. The van der Waals surface area contributed by atoms with Crippen LogP contribution in [0.3, 0.4) is 0 Å². The van der Waals surface area contributed by atoms with Crippen LogP contribution in [-0.2, 0) is 0 Å². The van der Waals surface area contributed by atoms with Crippen molar-refractivity contribution in [1.29, 1.82) is 0 Å². The molecule has 1 N–H and O–H groups in total. The highest BCUT2D eigenvalue weighted by atomic mass is 14.9. The monoisotopic (exact) mass is 235 g/mol. The minimum absolute atomic E-state index is 0.853. The van der Waals surface area contributed by atoms with E-state index in [0.29, 0.717) is 0 Å². The Bertz CT molecular complexity index is 246. The van der Waals surface area contributed by atoms with Gasteiger partial charge in [-0.15, -0.1) is 0 Å². The summed E-state index contributed by atoms with van der Waals surface area (Å²) in [5.74, 6) is 4.23. The summed E-state index contributed by atoms with van der Waals surface area (Å²) < 4.78 is 0. The lowest BCUT2D eigenvalue weighted by atomic mass is 9.63. The maximum Gasteiger partial charge on any atom is 0.0121 e. The van der Waals surface area contributed by atoms with Crippen molar-refractivity contribution in [3.8, 4) is 0 Å². The van der Waals surface area contributed by atoms with Gasteiger partial charge in [0.15, 0.2) is 0 Å². The van der Waals surface area contributed by atoms with Crippen LogP contribution in [0.15, 0.2) is 0 Å². The average Bonchev–Trinajstić information content (AvgIpc) is 2.33. The number of fused-ring (bicyclic) bond motifs is 1. The predicted molar refractivity (Wildman–Crippen MR) is 73.0 cm³/mol. The SMILES string of the molecule is CNC(C1CCC1)C1CCC2CCCCC2C1.